The number of hydrogen-bond donors (Lipinski definition) is 1. The summed E-state index contributed by atoms with van der Waals surface area (Å²) in [5.74, 6) is -4.17. The molecule has 1 atom stereocenters. The van der Waals surface area contributed by atoms with Gasteiger partial charge in [-0.25, -0.2) is 21.6 Å². The van der Waals surface area contributed by atoms with Crippen molar-refractivity contribution >= 4 is 27.5 Å². The monoisotopic (exact) mass is 485 g/mol. The van der Waals surface area contributed by atoms with Crippen LogP contribution >= 0.6 is 0 Å². The van der Waals surface area contributed by atoms with Crippen molar-refractivity contribution in [3.63, 3.8) is 0 Å². The molecule has 0 saturated carbocycles. The topological polar surface area (TPSA) is 86.8 Å². The standard InChI is InChI=1S/C22H26F3N3O4S/c1-14(2)26-22(30)15(3)27(12-16-5-7-17(23)8-6-16)21(29)13-28(33(4,31)32)18-9-10-19(24)20(25)11-18/h5-11,14-15H,12-13H2,1-4H3,(H,26,30). The average Bonchev–Trinajstić information content (AvgIpc) is 2.71. The molecule has 33 heavy (non-hydrogen) atoms. The Bertz CT molecular complexity index is 1110. The lowest BCUT2D eigenvalue weighted by molar-refractivity contribution is -0.139. The molecule has 0 aliphatic rings. The Hall–Kier alpha value is -3.08. The average molecular weight is 486 g/mol. The second kappa shape index (κ2) is 10.7. The summed E-state index contributed by atoms with van der Waals surface area (Å²) < 4.78 is 65.7. The minimum absolute atomic E-state index is 0.110. The second-order valence-electron chi connectivity index (χ2n) is 7.86. The van der Waals surface area contributed by atoms with Gasteiger partial charge in [0.15, 0.2) is 11.6 Å². The van der Waals surface area contributed by atoms with Gasteiger partial charge in [0, 0.05) is 18.7 Å². The third-order valence-corrected chi connectivity index (χ3v) is 5.88. The number of carbonyl (C=O) groups excluding carboxylic acids is 2. The molecule has 0 radical (unpaired) electrons. The van der Waals surface area contributed by atoms with Crippen LogP contribution in [-0.4, -0.2) is 50.0 Å². The van der Waals surface area contributed by atoms with Gasteiger partial charge in [-0.05, 0) is 50.6 Å². The molecule has 7 nitrogen and oxygen atoms in total. The van der Waals surface area contributed by atoms with Crippen LogP contribution in [0.3, 0.4) is 0 Å². The largest absolute Gasteiger partial charge is 0.352 e. The highest BCUT2D eigenvalue weighted by Gasteiger charge is 2.30. The maximum Gasteiger partial charge on any atom is 0.244 e. The van der Waals surface area contributed by atoms with E-state index in [9.17, 15) is 31.2 Å². The number of rotatable bonds is 9. The summed E-state index contributed by atoms with van der Waals surface area (Å²) in [6.45, 7) is 4.09. The van der Waals surface area contributed by atoms with E-state index in [1.165, 1.54) is 31.2 Å². The Morgan fingerprint density at radius 1 is 0.970 bits per heavy atom. The van der Waals surface area contributed by atoms with E-state index in [1.807, 2.05) is 0 Å². The summed E-state index contributed by atoms with van der Waals surface area (Å²) in [5, 5.41) is 2.69. The fourth-order valence-electron chi connectivity index (χ4n) is 3.03. The smallest absolute Gasteiger partial charge is 0.244 e. The Labute approximate surface area is 191 Å². The van der Waals surface area contributed by atoms with Gasteiger partial charge in [0.1, 0.15) is 18.4 Å². The summed E-state index contributed by atoms with van der Waals surface area (Å²) in [4.78, 5) is 27.0. The Morgan fingerprint density at radius 3 is 2.09 bits per heavy atom. The predicted molar refractivity (Wildman–Crippen MR) is 118 cm³/mol. The first-order valence-corrected chi connectivity index (χ1v) is 11.9. The van der Waals surface area contributed by atoms with Gasteiger partial charge in [-0.15, -0.1) is 0 Å². The molecule has 11 heteroatoms. The van der Waals surface area contributed by atoms with E-state index in [0.717, 1.165) is 23.3 Å². The Balaban J connectivity index is 2.40. The molecule has 0 saturated heterocycles. The molecular weight excluding hydrogens is 459 g/mol. The van der Waals surface area contributed by atoms with Gasteiger partial charge < -0.3 is 10.2 Å². The van der Waals surface area contributed by atoms with Crippen LogP contribution in [0.5, 0.6) is 0 Å². The zero-order chi connectivity index (χ0) is 24.9. The zero-order valence-electron chi connectivity index (χ0n) is 18.7. The van der Waals surface area contributed by atoms with Crippen molar-refractivity contribution in [2.45, 2.75) is 39.4 Å². The van der Waals surface area contributed by atoms with E-state index >= 15 is 0 Å². The van der Waals surface area contributed by atoms with Crippen molar-refractivity contribution in [3.05, 3.63) is 65.5 Å². The highest BCUT2D eigenvalue weighted by molar-refractivity contribution is 7.92. The summed E-state index contributed by atoms with van der Waals surface area (Å²) >= 11 is 0. The van der Waals surface area contributed by atoms with E-state index in [-0.39, 0.29) is 18.3 Å². The van der Waals surface area contributed by atoms with Crippen molar-refractivity contribution in [1.29, 1.82) is 0 Å². The number of hydrogen-bond acceptors (Lipinski definition) is 4. The number of nitrogens with zero attached hydrogens (tertiary/aromatic N) is 2. The van der Waals surface area contributed by atoms with Crippen LogP contribution in [0, 0.1) is 17.5 Å². The fraction of sp³-hybridized carbons (Fsp3) is 0.364. The number of anilines is 1. The van der Waals surface area contributed by atoms with Crippen molar-refractivity contribution in [3.8, 4) is 0 Å². The van der Waals surface area contributed by atoms with Crippen molar-refractivity contribution < 1.29 is 31.2 Å². The lowest BCUT2D eigenvalue weighted by Crippen LogP contribution is -2.52. The maximum absolute atomic E-state index is 13.7. The van der Waals surface area contributed by atoms with E-state index in [1.54, 1.807) is 13.8 Å². The first-order chi connectivity index (χ1) is 15.3. The highest BCUT2D eigenvalue weighted by atomic mass is 32.2. The number of amides is 2. The third kappa shape index (κ3) is 7.21. The van der Waals surface area contributed by atoms with Gasteiger partial charge in [0.25, 0.3) is 0 Å². The highest BCUT2D eigenvalue weighted by Crippen LogP contribution is 2.21. The van der Waals surface area contributed by atoms with E-state index < -0.39 is 51.9 Å². The van der Waals surface area contributed by atoms with Crippen LogP contribution < -0.4 is 9.62 Å². The van der Waals surface area contributed by atoms with Crippen molar-refractivity contribution in [1.82, 2.24) is 10.2 Å². The van der Waals surface area contributed by atoms with Gasteiger partial charge in [0.05, 0.1) is 11.9 Å². The molecule has 0 spiro atoms. The zero-order valence-corrected chi connectivity index (χ0v) is 19.5. The van der Waals surface area contributed by atoms with Gasteiger partial charge in [-0.2, -0.15) is 0 Å². The molecule has 0 aliphatic carbocycles. The van der Waals surface area contributed by atoms with Crippen molar-refractivity contribution in [2.24, 2.45) is 0 Å². The molecule has 0 fully saturated rings. The fourth-order valence-corrected chi connectivity index (χ4v) is 3.87. The van der Waals surface area contributed by atoms with Gasteiger partial charge in [0.2, 0.25) is 21.8 Å². The first kappa shape index (κ1) is 26.2. The molecule has 0 heterocycles. The molecular formula is C22H26F3N3O4S. The molecule has 0 aliphatic heterocycles. The number of sulfonamides is 1. The number of nitrogens with one attached hydrogen (secondary N) is 1. The molecule has 180 valence electrons. The summed E-state index contributed by atoms with van der Waals surface area (Å²) in [5.41, 5.74) is 0.262. The lowest BCUT2D eigenvalue weighted by Gasteiger charge is -2.31. The van der Waals surface area contributed by atoms with Crippen LogP contribution in [0.2, 0.25) is 0 Å². The van der Waals surface area contributed by atoms with Crippen LogP contribution in [0.4, 0.5) is 18.9 Å². The van der Waals surface area contributed by atoms with Crippen LogP contribution in [0.1, 0.15) is 26.3 Å². The lowest BCUT2D eigenvalue weighted by atomic mass is 10.1. The van der Waals surface area contributed by atoms with Crippen molar-refractivity contribution in [2.75, 3.05) is 17.1 Å². The number of benzene rings is 2. The summed E-state index contributed by atoms with van der Waals surface area (Å²) in [6, 6.07) is 6.51. The third-order valence-electron chi connectivity index (χ3n) is 4.73. The second-order valence-corrected chi connectivity index (χ2v) is 9.76. The predicted octanol–water partition coefficient (Wildman–Crippen LogP) is 2.81. The van der Waals surface area contributed by atoms with Gasteiger partial charge in [-0.3, -0.25) is 13.9 Å². The molecule has 2 aromatic carbocycles. The summed E-state index contributed by atoms with van der Waals surface area (Å²) in [6.07, 6.45) is 0.820. The normalized spacial score (nSPS) is 12.4. The van der Waals surface area contributed by atoms with E-state index in [2.05, 4.69) is 5.32 Å². The maximum atomic E-state index is 13.7. The van der Waals surface area contributed by atoms with Crippen LogP contribution in [0.25, 0.3) is 0 Å². The minimum atomic E-state index is -4.07. The van der Waals surface area contributed by atoms with Gasteiger partial charge >= 0.3 is 0 Å². The first-order valence-electron chi connectivity index (χ1n) is 10.1. The SMILES string of the molecule is CC(C)NC(=O)C(C)N(Cc1ccc(F)cc1)C(=O)CN(c1ccc(F)c(F)c1)S(C)(=O)=O. The summed E-state index contributed by atoms with van der Waals surface area (Å²) in [7, 11) is -4.07. The van der Waals surface area contributed by atoms with Gasteiger partial charge in [-0.1, -0.05) is 12.1 Å². The Morgan fingerprint density at radius 2 is 1.58 bits per heavy atom. The molecule has 2 amide bonds. The molecule has 1 unspecified atom stereocenters. The molecule has 1 N–H and O–H groups in total. The van der Waals surface area contributed by atoms with E-state index in [0.29, 0.717) is 15.9 Å². The minimum Gasteiger partial charge on any atom is -0.352 e. The molecule has 0 bridgehead atoms. The Kier molecular flexibility index (Phi) is 8.48. The molecule has 2 rings (SSSR count). The molecule has 0 aromatic heterocycles. The molecule has 2 aromatic rings. The quantitative estimate of drug-likeness (QED) is 0.592. The number of carbonyl (C=O) groups is 2. The van der Waals surface area contributed by atoms with E-state index in [4.69, 9.17) is 0 Å². The number of halogens is 3. The van der Waals surface area contributed by atoms with Crippen LogP contribution in [0.15, 0.2) is 42.5 Å². The van der Waals surface area contributed by atoms with Crippen LogP contribution in [-0.2, 0) is 26.2 Å².